The van der Waals surface area contributed by atoms with Crippen LogP contribution in [0.15, 0.2) is 18.2 Å². The van der Waals surface area contributed by atoms with E-state index in [2.05, 4.69) is 5.32 Å². The Balaban J connectivity index is 2.91. The van der Waals surface area contributed by atoms with Crippen LogP contribution in [0.25, 0.3) is 0 Å². The fourth-order valence-electron chi connectivity index (χ4n) is 1.83. The van der Waals surface area contributed by atoms with Crippen molar-refractivity contribution in [3.05, 3.63) is 23.8 Å². The SMILES string of the molecule is CC(C)(C)C(CCN)NC(=O)c1cc(O)ccc1O. The summed E-state index contributed by atoms with van der Waals surface area (Å²) >= 11 is 0. The number of carbonyl (C=O) groups is 1. The first kappa shape index (κ1) is 15.3. The molecule has 0 aliphatic carbocycles. The lowest BCUT2D eigenvalue weighted by molar-refractivity contribution is 0.0895. The van der Waals surface area contributed by atoms with Crippen molar-refractivity contribution in [2.75, 3.05) is 6.54 Å². The van der Waals surface area contributed by atoms with E-state index < -0.39 is 5.91 Å². The topological polar surface area (TPSA) is 95.6 Å². The minimum Gasteiger partial charge on any atom is -0.508 e. The van der Waals surface area contributed by atoms with Crippen molar-refractivity contribution in [3.8, 4) is 11.5 Å². The van der Waals surface area contributed by atoms with Gasteiger partial charge in [-0.15, -0.1) is 0 Å². The van der Waals surface area contributed by atoms with Crippen LogP contribution in [0.2, 0.25) is 0 Å². The third-order valence-electron chi connectivity index (χ3n) is 3.03. The zero-order chi connectivity index (χ0) is 14.6. The lowest BCUT2D eigenvalue weighted by Crippen LogP contribution is -2.44. The van der Waals surface area contributed by atoms with Gasteiger partial charge in [0, 0.05) is 6.04 Å². The highest BCUT2D eigenvalue weighted by Gasteiger charge is 2.26. The van der Waals surface area contributed by atoms with Crippen LogP contribution in [-0.2, 0) is 0 Å². The molecule has 0 aliphatic rings. The lowest BCUT2D eigenvalue weighted by Gasteiger charge is -2.31. The molecule has 1 unspecified atom stereocenters. The van der Waals surface area contributed by atoms with Crippen molar-refractivity contribution in [2.24, 2.45) is 11.1 Å². The molecular weight excluding hydrogens is 244 g/mol. The Morgan fingerprint density at radius 3 is 2.53 bits per heavy atom. The van der Waals surface area contributed by atoms with Crippen molar-refractivity contribution in [1.82, 2.24) is 5.32 Å². The van der Waals surface area contributed by atoms with E-state index in [1.165, 1.54) is 18.2 Å². The van der Waals surface area contributed by atoms with Crippen molar-refractivity contribution in [3.63, 3.8) is 0 Å². The summed E-state index contributed by atoms with van der Waals surface area (Å²) in [5.74, 6) is -0.633. The number of nitrogens with one attached hydrogen (secondary N) is 1. The number of amides is 1. The van der Waals surface area contributed by atoms with Gasteiger partial charge in [0.05, 0.1) is 5.56 Å². The number of nitrogens with two attached hydrogens (primary N) is 1. The van der Waals surface area contributed by atoms with Crippen molar-refractivity contribution >= 4 is 5.91 Å². The zero-order valence-corrected chi connectivity index (χ0v) is 11.6. The molecule has 5 heteroatoms. The molecule has 1 amide bonds. The fourth-order valence-corrected chi connectivity index (χ4v) is 1.83. The molecule has 0 heterocycles. The Labute approximate surface area is 113 Å². The number of benzene rings is 1. The second-order valence-electron chi connectivity index (χ2n) is 5.67. The largest absolute Gasteiger partial charge is 0.508 e. The molecule has 1 aromatic rings. The van der Waals surface area contributed by atoms with Crippen molar-refractivity contribution in [2.45, 2.75) is 33.2 Å². The van der Waals surface area contributed by atoms with E-state index in [0.29, 0.717) is 13.0 Å². The molecule has 0 aromatic heterocycles. The smallest absolute Gasteiger partial charge is 0.255 e. The molecule has 1 rings (SSSR count). The number of rotatable bonds is 4. The Kier molecular flexibility index (Phi) is 4.78. The normalized spacial score (nSPS) is 13.1. The van der Waals surface area contributed by atoms with Crippen LogP contribution in [0.5, 0.6) is 11.5 Å². The van der Waals surface area contributed by atoms with Gasteiger partial charge in [0.15, 0.2) is 0 Å². The standard InChI is InChI=1S/C14H22N2O3/c1-14(2,3)12(6-7-15)16-13(19)10-8-9(17)4-5-11(10)18/h4-5,8,12,17-18H,6-7,15H2,1-3H3,(H,16,19). The molecule has 0 saturated carbocycles. The van der Waals surface area contributed by atoms with Gasteiger partial charge in [-0.3, -0.25) is 4.79 Å². The second-order valence-corrected chi connectivity index (χ2v) is 5.67. The zero-order valence-electron chi connectivity index (χ0n) is 11.6. The Hall–Kier alpha value is -1.75. The summed E-state index contributed by atoms with van der Waals surface area (Å²) in [5.41, 5.74) is 5.48. The quantitative estimate of drug-likeness (QED) is 0.622. The van der Waals surface area contributed by atoms with E-state index in [0.717, 1.165) is 0 Å². The first-order valence-corrected chi connectivity index (χ1v) is 6.28. The minimum atomic E-state index is -0.415. The molecule has 1 aromatic carbocycles. The summed E-state index contributed by atoms with van der Waals surface area (Å²) in [6.07, 6.45) is 0.648. The summed E-state index contributed by atoms with van der Waals surface area (Å²) in [4.78, 5) is 12.1. The van der Waals surface area contributed by atoms with Crippen LogP contribution in [0, 0.1) is 5.41 Å². The van der Waals surface area contributed by atoms with Gasteiger partial charge in [0.1, 0.15) is 11.5 Å². The highest BCUT2D eigenvalue weighted by molar-refractivity contribution is 5.97. The molecule has 0 bridgehead atoms. The van der Waals surface area contributed by atoms with Crippen molar-refractivity contribution < 1.29 is 15.0 Å². The maximum atomic E-state index is 12.1. The highest BCUT2D eigenvalue weighted by atomic mass is 16.3. The van der Waals surface area contributed by atoms with Crippen LogP contribution in [0.3, 0.4) is 0 Å². The predicted octanol–water partition coefficient (Wildman–Crippen LogP) is 1.59. The number of phenolic OH excluding ortho intramolecular Hbond substituents is 2. The van der Waals surface area contributed by atoms with Gasteiger partial charge in [-0.1, -0.05) is 20.8 Å². The van der Waals surface area contributed by atoms with Gasteiger partial charge in [-0.05, 0) is 36.6 Å². The number of hydrogen-bond acceptors (Lipinski definition) is 4. The van der Waals surface area contributed by atoms with Crippen LogP contribution >= 0.6 is 0 Å². The summed E-state index contributed by atoms with van der Waals surface area (Å²) in [6, 6.07) is 3.76. The van der Waals surface area contributed by atoms with Gasteiger partial charge < -0.3 is 21.3 Å². The predicted molar refractivity (Wildman–Crippen MR) is 74.2 cm³/mol. The molecular formula is C14H22N2O3. The molecule has 1 atom stereocenters. The third kappa shape index (κ3) is 4.13. The Morgan fingerprint density at radius 1 is 1.37 bits per heavy atom. The fraction of sp³-hybridized carbons (Fsp3) is 0.500. The van der Waals surface area contributed by atoms with Crippen LogP contribution < -0.4 is 11.1 Å². The number of phenols is 2. The number of aromatic hydroxyl groups is 2. The monoisotopic (exact) mass is 266 g/mol. The van der Waals surface area contributed by atoms with E-state index in [4.69, 9.17) is 5.73 Å². The van der Waals surface area contributed by atoms with Gasteiger partial charge in [0.2, 0.25) is 0 Å². The molecule has 19 heavy (non-hydrogen) atoms. The van der Waals surface area contributed by atoms with Crippen LogP contribution in [-0.4, -0.2) is 28.7 Å². The number of carbonyl (C=O) groups excluding carboxylic acids is 1. The van der Waals surface area contributed by atoms with Gasteiger partial charge in [-0.25, -0.2) is 0 Å². The summed E-state index contributed by atoms with van der Waals surface area (Å²) in [7, 11) is 0. The first-order chi connectivity index (χ1) is 8.75. The molecule has 0 aliphatic heterocycles. The lowest BCUT2D eigenvalue weighted by atomic mass is 9.84. The van der Waals surface area contributed by atoms with E-state index in [1.807, 2.05) is 20.8 Å². The van der Waals surface area contributed by atoms with Gasteiger partial charge >= 0.3 is 0 Å². The second kappa shape index (κ2) is 5.93. The minimum absolute atomic E-state index is 0.0610. The van der Waals surface area contributed by atoms with Crippen LogP contribution in [0.1, 0.15) is 37.6 Å². The third-order valence-corrected chi connectivity index (χ3v) is 3.03. The maximum Gasteiger partial charge on any atom is 0.255 e. The highest BCUT2D eigenvalue weighted by Crippen LogP contribution is 2.25. The van der Waals surface area contributed by atoms with E-state index in [1.54, 1.807) is 0 Å². The first-order valence-electron chi connectivity index (χ1n) is 6.28. The summed E-state index contributed by atoms with van der Waals surface area (Å²) in [5, 5.41) is 21.9. The molecule has 0 radical (unpaired) electrons. The summed E-state index contributed by atoms with van der Waals surface area (Å²) < 4.78 is 0. The molecule has 5 N–H and O–H groups in total. The molecule has 0 saturated heterocycles. The molecule has 5 nitrogen and oxygen atoms in total. The Bertz CT molecular complexity index is 452. The van der Waals surface area contributed by atoms with Gasteiger partial charge in [0.25, 0.3) is 5.91 Å². The molecule has 0 fully saturated rings. The summed E-state index contributed by atoms with van der Waals surface area (Å²) in [6.45, 7) is 6.50. The maximum absolute atomic E-state index is 12.1. The molecule has 106 valence electrons. The van der Waals surface area contributed by atoms with Crippen molar-refractivity contribution in [1.29, 1.82) is 0 Å². The van der Waals surface area contributed by atoms with E-state index in [9.17, 15) is 15.0 Å². The average molecular weight is 266 g/mol. The van der Waals surface area contributed by atoms with Crippen LogP contribution in [0.4, 0.5) is 0 Å². The number of hydrogen-bond donors (Lipinski definition) is 4. The Morgan fingerprint density at radius 2 is 2.00 bits per heavy atom. The average Bonchev–Trinajstić information content (AvgIpc) is 2.30. The van der Waals surface area contributed by atoms with E-state index >= 15 is 0 Å². The molecule has 0 spiro atoms. The van der Waals surface area contributed by atoms with E-state index in [-0.39, 0.29) is 28.5 Å². The van der Waals surface area contributed by atoms with Gasteiger partial charge in [-0.2, -0.15) is 0 Å².